The second kappa shape index (κ2) is 12.5. The highest BCUT2D eigenvalue weighted by atomic mass is 35.5. The molecular weight excluding hydrogens is 578 g/mol. The lowest BCUT2D eigenvalue weighted by Crippen LogP contribution is -2.56. The minimum atomic E-state index is -0.667. The van der Waals surface area contributed by atoms with Crippen molar-refractivity contribution in [1.82, 2.24) is 25.4 Å². The molecule has 1 saturated carbocycles. The van der Waals surface area contributed by atoms with Crippen LogP contribution in [0.5, 0.6) is 0 Å². The van der Waals surface area contributed by atoms with Gasteiger partial charge in [-0.15, -0.1) is 11.3 Å². The number of thiazole rings is 1. The van der Waals surface area contributed by atoms with Crippen molar-refractivity contribution in [3.63, 3.8) is 0 Å². The number of rotatable bonds is 6. The summed E-state index contributed by atoms with van der Waals surface area (Å²) in [6.07, 6.45) is 2.17. The SMILES string of the molecule is CN1CCc2nc(C(=O)NC3CC(C(=O)N(C)C)CCC3NC(=S)C(=O)Nc3ccc(Cl)c([N+](=O)[O-])c3)sc2C1. The molecule has 0 spiro atoms. The number of nitrogens with zero attached hydrogens (tertiary/aromatic N) is 4. The summed E-state index contributed by atoms with van der Waals surface area (Å²) in [6.45, 7) is 1.62. The first-order chi connectivity index (χ1) is 18.9. The van der Waals surface area contributed by atoms with Gasteiger partial charge in [0, 0.05) is 62.2 Å². The van der Waals surface area contributed by atoms with Gasteiger partial charge in [0.15, 0.2) is 10.00 Å². The molecule has 40 heavy (non-hydrogen) atoms. The second-order valence-electron chi connectivity index (χ2n) is 10.2. The maximum atomic E-state index is 13.3. The smallest absolute Gasteiger partial charge is 0.289 e. The first-order valence-electron chi connectivity index (χ1n) is 12.7. The van der Waals surface area contributed by atoms with Crippen LogP contribution >= 0.6 is 35.2 Å². The lowest BCUT2D eigenvalue weighted by atomic mass is 9.81. The van der Waals surface area contributed by atoms with Crippen molar-refractivity contribution < 1.29 is 19.3 Å². The van der Waals surface area contributed by atoms with E-state index in [4.69, 9.17) is 23.8 Å². The number of carbonyl (C=O) groups excluding carboxylic acids is 3. The highest BCUT2D eigenvalue weighted by molar-refractivity contribution is 7.82. The van der Waals surface area contributed by atoms with E-state index < -0.39 is 22.9 Å². The van der Waals surface area contributed by atoms with E-state index in [1.54, 1.807) is 14.1 Å². The first-order valence-corrected chi connectivity index (χ1v) is 14.3. The van der Waals surface area contributed by atoms with Crippen LogP contribution in [0, 0.1) is 16.0 Å². The number of benzene rings is 1. The molecule has 0 bridgehead atoms. The lowest BCUT2D eigenvalue weighted by Gasteiger charge is -2.37. The zero-order valence-corrected chi connectivity index (χ0v) is 24.6. The van der Waals surface area contributed by atoms with Crippen LogP contribution in [0.1, 0.15) is 39.6 Å². The number of carbonyl (C=O) groups is 3. The number of hydrogen-bond donors (Lipinski definition) is 3. The molecule has 3 unspecified atom stereocenters. The summed E-state index contributed by atoms with van der Waals surface area (Å²) in [4.78, 5) is 58.5. The van der Waals surface area contributed by atoms with E-state index >= 15 is 0 Å². The largest absolute Gasteiger partial charge is 0.367 e. The van der Waals surface area contributed by atoms with Crippen LogP contribution in [0.3, 0.4) is 0 Å². The number of amides is 3. The molecule has 3 atom stereocenters. The third-order valence-electron chi connectivity index (χ3n) is 7.00. The zero-order valence-electron chi connectivity index (χ0n) is 22.2. The number of likely N-dealkylation sites (N-methyl/N-ethyl adjacent to an activating group) is 1. The number of anilines is 1. The van der Waals surface area contributed by atoms with E-state index in [0.717, 1.165) is 36.1 Å². The molecule has 1 aliphatic carbocycles. The van der Waals surface area contributed by atoms with Crippen LogP contribution < -0.4 is 16.0 Å². The molecule has 1 aromatic heterocycles. The first kappa shape index (κ1) is 29.8. The van der Waals surface area contributed by atoms with Crippen molar-refractivity contribution in [1.29, 1.82) is 0 Å². The number of thiocarbonyl (C=S) groups is 1. The summed E-state index contributed by atoms with van der Waals surface area (Å²) < 4.78 is 0. The molecule has 1 fully saturated rings. The lowest BCUT2D eigenvalue weighted by molar-refractivity contribution is -0.384. The van der Waals surface area contributed by atoms with Crippen molar-refractivity contribution in [2.45, 2.75) is 44.3 Å². The van der Waals surface area contributed by atoms with E-state index in [1.807, 2.05) is 7.05 Å². The van der Waals surface area contributed by atoms with E-state index in [0.29, 0.717) is 24.3 Å². The third-order valence-corrected chi connectivity index (χ3v) is 8.70. The molecule has 0 radical (unpaired) electrons. The molecule has 0 saturated heterocycles. The number of nitro benzene ring substituents is 1. The Hall–Kier alpha value is -3.20. The predicted molar refractivity (Wildman–Crippen MR) is 156 cm³/mol. The van der Waals surface area contributed by atoms with Gasteiger partial charge in [0.1, 0.15) is 5.02 Å². The maximum Gasteiger partial charge on any atom is 0.289 e. The molecular formula is C25H30ClN7O5S2. The summed E-state index contributed by atoms with van der Waals surface area (Å²) in [5, 5.41) is 20.1. The van der Waals surface area contributed by atoms with Gasteiger partial charge < -0.3 is 25.8 Å². The Kier molecular flexibility index (Phi) is 9.33. The monoisotopic (exact) mass is 607 g/mol. The Labute approximate surface area is 245 Å². The number of nitro groups is 1. The van der Waals surface area contributed by atoms with Crippen LogP contribution in [-0.2, 0) is 22.6 Å². The molecule has 2 aliphatic rings. The van der Waals surface area contributed by atoms with Gasteiger partial charge in [-0.3, -0.25) is 24.5 Å². The molecule has 15 heteroatoms. The zero-order chi connectivity index (χ0) is 29.1. The average Bonchev–Trinajstić information content (AvgIpc) is 3.33. The Balaban J connectivity index is 1.46. The molecule has 1 aromatic carbocycles. The highest BCUT2D eigenvalue weighted by Gasteiger charge is 2.37. The molecule has 4 rings (SSSR count). The van der Waals surface area contributed by atoms with Crippen LogP contribution in [0.4, 0.5) is 11.4 Å². The molecule has 2 heterocycles. The predicted octanol–water partition coefficient (Wildman–Crippen LogP) is 2.60. The summed E-state index contributed by atoms with van der Waals surface area (Å²) in [7, 11) is 5.41. The standard InChI is InChI=1S/C25H30ClN7O5S2/c1-31(2)25(36)13-4-7-16(29-23(39)21(34)27-14-5-6-15(26)19(11-14)33(37)38)18(10-13)28-22(35)24-30-17-8-9-32(3)12-20(17)40-24/h5-6,11,13,16,18H,4,7-10,12H2,1-3H3,(H,27,34)(H,28,35)(H,29,39). The number of nitrogens with one attached hydrogen (secondary N) is 3. The van der Waals surface area contributed by atoms with Crippen molar-refractivity contribution in [3.05, 3.63) is 48.9 Å². The van der Waals surface area contributed by atoms with Gasteiger partial charge in [0.25, 0.3) is 17.5 Å². The Morgan fingerprint density at radius 3 is 2.67 bits per heavy atom. The highest BCUT2D eigenvalue weighted by Crippen LogP contribution is 2.29. The maximum absolute atomic E-state index is 13.3. The third kappa shape index (κ3) is 6.92. The average molecular weight is 608 g/mol. The summed E-state index contributed by atoms with van der Waals surface area (Å²) in [5.74, 6) is -1.33. The van der Waals surface area contributed by atoms with E-state index in [1.165, 1.54) is 28.4 Å². The van der Waals surface area contributed by atoms with Crippen LogP contribution in [-0.4, -0.2) is 82.2 Å². The molecule has 3 amide bonds. The molecule has 1 aliphatic heterocycles. The number of fused-ring (bicyclic) bond motifs is 1. The second-order valence-corrected chi connectivity index (χ2v) is 12.1. The molecule has 12 nitrogen and oxygen atoms in total. The van der Waals surface area contributed by atoms with Crippen LogP contribution in [0.25, 0.3) is 0 Å². The fourth-order valence-electron chi connectivity index (χ4n) is 4.89. The summed E-state index contributed by atoms with van der Waals surface area (Å²) >= 11 is 12.5. The minimum absolute atomic E-state index is 0.0323. The Morgan fingerprint density at radius 1 is 1.23 bits per heavy atom. The molecule has 3 N–H and O–H groups in total. The van der Waals surface area contributed by atoms with Gasteiger partial charge in [-0.2, -0.15) is 0 Å². The van der Waals surface area contributed by atoms with Crippen LogP contribution in [0.15, 0.2) is 18.2 Å². The molecule has 214 valence electrons. The Morgan fingerprint density at radius 2 is 1.98 bits per heavy atom. The van der Waals surface area contributed by atoms with E-state index in [9.17, 15) is 24.5 Å². The minimum Gasteiger partial charge on any atom is -0.367 e. The van der Waals surface area contributed by atoms with Gasteiger partial charge in [-0.25, -0.2) is 4.98 Å². The number of aromatic nitrogens is 1. The quantitative estimate of drug-likeness (QED) is 0.256. The molecule has 2 aromatic rings. The van der Waals surface area contributed by atoms with Gasteiger partial charge in [-0.1, -0.05) is 23.8 Å². The van der Waals surface area contributed by atoms with Crippen molar-refractivity contribution >= 4 is 69.2 Å². The van der Waals surface area contributed by atoms with Gasteiger partial charge in [-0.05, 0) is 38.4 Å². The van der Waals surface area contributed by atoms with Crippen molar-refractivity contribution in [2.75, 3.05) is 33.0 Å². The fourth-order valence-corrected chi connectivity index (χ4v) is 6.38. The summed E-state index contributed by atoms with van der Waals surface area (Å²) in [5.41, 5.74) is 0.752. The topological polar surface area (TPSA) is 150 Å². The normalized spacial score (nSPS) is 20.6. The van der Waals surface area contributed by atoms with E-state index in [-0.39, 0.29) is 39.1 Å². The Bertz CT molecular complexity index is 1350. The van der Waals surface area contributed by atoms with Crippen molar-refractivity contribution in [2.24, 2.45) is 5.92 Å². The fraction of sp³-hybridized carbons (Fsp3) is 0.480. The van der Waals surface area contributed by atoms with Gasteiger partial charge in [0.05, 0.1) is 16.7 Å². The van der Waals surface area contributed by atoms with Gasteiger partial charge in [0.2, 0.25) is 5.91 Å². The van der Waals surface area contributed by atoms with E-state index in [2.05, 4.69) is 25.8 Å². The summed E-state index contributed by atoms with van der Waals surface area (Å²) in [6, 6.07) is 2.97. The number of hydrogen-bond acceptors (Lipinski definition) is 9. The number of halogens is 1. The van der Waals surface area contributed by atoms with Crippen LogP contribution in [0.2, 0.25) is 5.02 Å². The van der Waals surface area contributed by atoms with Gasteiger partial charge >= 0.3 is 0 Å². The van der Waals surface area contributed by atoms with Crippen molar-refractivity contribution in [3.8, 4) is 0 Å².